The van der Waals surface area contributed by atoms with Crippen molar-refractivity contribution in [1.82, 2.24) is 0 Å². The van der Waals surface area contributed by atoms with Gasteiger partial charge in [-0.1, -0.05) is 6.92 Å². The molecule has 2 aliphatic carbocycles. The highest BCUT2D eigenvalue weighted by Crippen LogP contribution is 2.78. The first-order chi connectivity index (χ1) is 9.59. The standard InChI is InChI=1S/C15H20O6/c1-11-7-20-10(18)13(11,3)9(17)14-6-8(16)21-12(14,2)4-5-15(11,14)19/h9,17,19H,4-7H2,1-3H3/t9-,11-,12+,13+,14-,15+/m1/s1. The molecule has 21 heavy (non-hydrogen) atoms. The summed E-state index contributed by atoms with van der Waals surface area (Å²) in [5, 5.41) is 22.6. The van der Waals surface area contributed by atoms with Gasteiger partial charge in [-0.3, -0.25) is 9.59 Å². The van der Waals surface area contributed by atoms with Crippen molar-refractivity contribution in [3.63, 3.8) is 0 Å². The number of hydrogen-bond acceptors (Lipinski definition) is 6. The van der Waals surface area contributed by atoms with Gasteiger partial charge >= 0.3 is 11.9 Å². The van der Waals surface area contributed by atoms with Crippen LogP contribution >= 0.6 is 0 Å². The van der Waals surface area contributed by atoms with Crippen LogP contribution in [-0.2, 0) is 19.1 Å². The Bertz CT molecular complexity index is 589. The topological polar surface area (TPSA) is 93.1 Å². The molecule has 6 nitrogen and oxygen atoms in total. The Labute approximate surface area is 122 Å². The minimum Gasteiger partial charge on any atom is -0.464 e. The fraction of sp³-hybridized carbons (Fsp3) is 0.867. The number of aliphatic hydroxyl groups is 2. The van der Waals surface area contributed by atoms with Crippen LogP contribution in [0.4, 0.5) is 0 Å². The van der Waals surface area contributed by atoms with Gasteiger partial charge in [0.1, 0.15) is 17.6 Å². The van der Waals surface area contributed by atoms with Gasteiger partial charge in [-0.05, 0) is 26.7 Å². The molecule has 2 saturated heterocycles. The Morgan fingerprint density at radius 2 is 1.86 bits per heavy atom. The van der Waals surface area contributed by atoms with E-state index >= 15 is 0 Å². The largest absolute Gasteiger partial charge is 0.464 e. The van der Waals surface area contributed by atoms with Crippen LogP contribution in [-0.4, -0.2) is 46.1 Å². The zero-order valence-electron chi connectivity index (χ0n) is 12.4. The number of carbonyl (C=O) groups is 2. The second-order valence-corrected chi connectivity index (χ2v) is 7.73. The van der Waals surface area contributed by atoms with Crippen LogP contribution in [0, 0.1) is 16.2 Å². The van der Waals surface area contributed by atoms with Crippen molar-refractivity contribution < 1.29 is 29.3 Å². The van der Waals surface area contributed by atoms with Crippen molar-refractivity contribution in [2.75, 3.05) is 6.61 Å². The molecule has 0 amide bonds. The van der Waals surface area contributed by atoms with E-state index < -0.39 is 45.5 Å². The van der Waals surface area contributed by atoms with Crippen molar-refractivity contribution in [3.05, 3.63) is 0 Å². The van der Waals surface area contributed by atoms with Crippen molar-refractivity contribution in [2.24, 2.45) is 16.2 Å². The lowest BCUT2D eigenvalue weighted by Crippen LogP contribution is -2.58. The number of hydrogen-bond donors (Lipinski definition) is 2. The molecule has 116 valence electrons. The Balaban J connectivity index is 2.03. The summed E-state index contributed by atoms with van der Waals surface area (Å²) < 4.78 is 10.7. The van der Waals surface area contributed by atoms with Crippen LogP contribution in [0.25, 0.3) is 0 Å². The third kappa shape index (κ3) is 0.932. The molecule has 2 saturated carbocycles. The Morgan fingerprint density at radius 3 is 2.52 bits per heavy atom. The lowest BCUT2D eigenvalue weighted by molar-refractivity contribution is -0.174. The van der Waals surface area contributed by atoms with Crippen molar-refractivity contribution in [2.45, 2.75) is 57.3 Å². The van der Waals surface area contributed by atoms with Crippen molar-refractivity contribution in [1.29, 1.82) is 0 Å². The summed E-state index contributed by atoms with van der Waals surface area (Å²) in [4.78, 5) is 24.3. The average molecular weight is 296 g/mol. The van der Waals surface area contributed by atoms with Crippen LogP contribution in [0.3, 0.4) is 0 Å². The van der Waals surface area contributed by atoms with Gasteiger partial charge in [0.15, 0.2) is 0 Å². The monoisotopic (exact) mass is 296 g/mol. The first-order valence-electron chi connectivity index (χ1n) is 7.39. The van der Waals surface area contributed by atoms with E-state index in [0.717, 1.165) is 0 Å². The highest BCUT2D eigenvalue weighted by atomic mass is 16.6. The van der Waals surface area contributed by atoms with Gasteiger partial charge < -0.3 is 19.7 Å². The van der Waals surface area contributed by atoms with E-state index in [-0.39, 0.29) is 13.0 Å². The first kappa shape index (κ1) is 13.5. The summed E-state index contributed by atoms with van der Waals surface area (Å²) in [6, 6.07) is 0. The van der Waals surface area contributed by atoms with E-state index in [1.165, 1.54) is 0 Å². The van der Waals surface area contributed by atoms with Gasteiger partial charge in [0.05, 0.1) is 23.5 Å². The average Bonchev–Trinajstić information content (AvgIpc) is 2.94. The quantitative estimate of drug-likeness (QED) is 0.618. The van der Waals surface area contributed by atoms with Gasteiger partial charge in [0, 0.05) is 5.41 Å². The van der Waals surface area contributed by atoms with Gasteiger partial charge in [-0.25, -0.2) is 0 Å². The Morgan fingerprint density at radius 1 is 1.19 bits per heavy atom. The first-order valence-corrected chi connectivity index (χ1v) is 7.39. The van der Waals surface area contributed by atoms with Crippen molar-refractivity contribution >= 4 is 11.9 Å². The Kier molecular flexibility index (Phi) is 2.01. The fourth-order valence-electron chi connectivity index (χ4n) is 5.86. The zero-order valence-corrected chi connectivity index (χ0v) is 12.4. The zero-order chi connectivity index (χ0) is 15.5. The second kappa shape index (κ2) is 3.13. The SMILES string of the molecule is C[C@@]12COC(=O)[C@]1(C)[C@@H](O)[C@]13CC(=O)O[C@@]1(C)CC[C@]23O. The molecule has 0 aromatic carbocycles. The van der Waals surface area contributed by atoms with E-state index in [1.807, 2.05) is 0 Å². The van der Waals surface area contributed by atoms with E-state index in [4.69, 9.17) is 9.47 Å². The summed E-state index contributed by atoms with van der Waals surface area (Å²) in [7, 11) is 0. The predicted molar refractivity (Wildman–Crippen MR) is 68.9 cm³/mol. The maximum absolute atomic E-state index is 12.3. The minimum atomic E-state index is -1.36. The molecule has 2 heterocycles. The number of fused-ring (bicyclic) bond motifs is 2. The predicted octanol–water partition coefficient (Wildman–Crippen LogP) is 0.147. The number of rotatable bonds is 0. The molecule has 0 unspecified atom stereocenters. The smallest absolute Gasteiger partial charge is 0.315 e. The van der Waals surface area contributed by atoms with Crippen LogP contribution in [0.2, 0.25) is 0 Å². The molecule has 6 atom stereocenters. The third-order valence-electron chi connectivity index (χ3n) is 7.40. The van der Waals surface area contributed by atoms with Crippen LogP contribution in [0.5, 0.6) is 0 Å². The third-order valence-corrected chi connectivity index (χ3v) is 7.40. The summed E-state index contributed by atoms with van der Waals surface area (Å²) in [5.74, 6) is -0.924. The highest BCUT2D eigenvalue weighted by molar-refractivity contribution is 5.84. The molecule has 0 aromatic rings. The maximum atomic E-state index is 12.3. The number of esters is 2. The molecule has 6 heteroatoms. The highest BCUT2D eigenvalue weighted by Gasteiger charge is 2.91. The fourth-order valence-corrected chi connectivity index (χ4v) is 5.86. The molecule has 4 aliphatic rings. The normalized spacial score (nSPS) is 61.3. The number of aliphatic hydroxyl groups excluding tert-OH is 1. The van der Waals surface area contributed by atoms with Gasteiger partial charge in [0.25, 0.3) is 0 Å². The minimum absolute atomic E-state index is 0.0559. The molecular formula is C15H20O6. The number of carbonyl (C=O) groups excluding carboxylic acids is 2. The summed E-state index contributed by atoms with van der Waals surface area (Å²) in [5.41, 5.74) is -5.59. The van der Waals surface area contributed by atoms with Gasteiger partial charge in [0.2, 0.25) is 0 Å². The lowest BCUT2D eigenvalue weighted by Gasteiger charge is -2.45. The molecule has 0 radical (unpaired) electrons. The van der Waals surface area contributed by atoms with Gasteiger partial charge in [-0.15, -0.1) is 0 Å². The van der Waals surface area contributed by atoms with Crippen molar-refractivity contribution in [3.8, 4) is 0 Å². The summed E-state index contributed by atoms with van der Waals surface area (Å²) in [6.45, 7) is 5.24. The number of ether oxygens (including phenoxy) is 2. The Hall–Kier alpha value is -1.14. The van der Waals surface area contributed by atoms with Crippen LogP contribution in [0.1, 0.15) is 40.0 Å². The molecule has 2 N–H and O–H groups in total. The number of cyclic esters (lactones) is 1. The molecule has 4 rings (SSSR count). The molecule has 4 fully saturated rings. The molecule has 0 bridgehead atoms. The molecule has 0 aromatic heterocycles. The summed E-state index contributed by atoms with van der Waals surface area (Å²) in [6.07, 6.45) is -0.364. The van der Waals surface area contributed by atoms with E-state index in [2.05, 4.69) is 0 Å². The lowest BCUT2D eigenvalue weighted by atomic mass is 9.61. The van der Waals surface area contributed by atoms with E-state index in [0.29, 0.717) is 12.8 Å². The van der Waals surface area contributed by atoms with E-state index in [1.54, 1.807) is 20.8 Å². The second-order valence-electron chi connectivity index (χ2n) is 7.73. The van der Waals surface area contributed by atoms with Gasteiger partial charge in [-0.2, -0.15) is 0 Å². The van der Waals surface area contributed by atoms with Crippen LogP contribution in [0.15, 0.2) is 0 Å². The maximum Gasteiger partial charge on any atom is 0.315 e. The van der Waals surface area contributed by atoms with Crippen LogP contribution < -0.4 is 0 Å². The van der Waals surface area contributed by atoms with E-state index in [9.17, 15) is 19.8 Å². The molecule has 1 spiro atoms. The summed E-state index contributed by atoms with van der Waals surface area (Å²) >= 11 is 0. The molecular weight excluding hydrogens is 276 g/mol. The molecule has 2 aliphatic heterocycles.